The number of anilines is 1. The van der Waals surface area contributed by atoms with Gasteiger partial charge >= 0.3 is 0 Å². The fraction of sp³-hybridized carbons (Fsp3) is 0.533. The third kappa shape index (κ3) is 3.46. The Balaban J connectivity index is 2.11. The Morgan fingerprint density at radius 2 is 2.05 bits per heavy atom. The second-order valence-electron chi connectivity index (χ2n) is 5.17. The van der Waals surface area contributed by atoms with Crippen molar-refractivity contribution in [2.75, 3.05) is 38.1 Å². The van der Waals surface area contributed by atoms with E-state index in [0.29, 0.717) is 11.6 Å². The van der Waals surface area contributed by atoms with Gasteiger partial charge in [0.1, 0.15) is 0 Å². The van der Waals surface area contributed by atoms with Crippen LogP contribution in [0.3, 0.4) is 0 Å². The van der Waals surface area contributed by atoms with Crippen LogP contribution in [-0.4, -0.2) is 44.2 Å². The lowest BCUT2D eigenvalue weighted by molar-refractivity contribution is 0.251. The molecular weight excluding hydrogens is 236 g/mol. The molecular formula is C15H22N4. The van der Waals surface area contributed by atoms with Crippen LogP contribution >= 0.6 is 0 Å². The van der Waals surface area contributed by atoms with E-state index in [4.69, 9.17) is 11.0 Å². The molecule has 0 radical (unpaired) electrons. The Hall–Kier alpha value is -1.57. The summed E-state index contributed by atoms with van der Waals surface area (Å²) >= 11 is 0. The molecule has 0 saturated carbocycles. The smallest absolute Gasteiger partial charge is 0.0991 e. The molecule has 1 atom stereocenters. The van der Waals surface area contributed by atoms with E-state index in [2.05, 4.69) is 22.9 Å². The van der Waals surface area contributed by atoms with Gasteiger partial charge in [0.25, 0.3) is 0 Å². The molecule has 1 aliphatic rings. The van der Waals surface area contributed by atoms with Gasteiger partial charge in [-0.05, 0) is 57.2 Å². The summed E-state index contributed by atoms with van der Waals surface area (Å²) in [7, 11) is 2.18. The highest BCUT2D eigenvalue weighted by atomic mass is 15.2. The minimum Gasteiger partial charge on any atom is -0.370 e. The maximum Gasteiger partial charge on any atom is 0.0991 e. The Labute approximate surface area is 115 Å². The SMILES string of the molecule is CN1CCCN(c2ccc(C#N)cc2)CC1CCN. The molecule has 1 aromatic carbocycles. The fourth-order valence-corrected chi connectivity index (χ4v) is 2.66. The van der Waals surface area contributed by atoms with Gasteiger partial charge in [-0.2, -0.15) is 5.26 Å². The van der Waals surface area contributed by atoms with Crippen LogP contribution in [0.2, 0.25) is 0 Å². The van der Waals surface area contributed by atoms with Crippen molar-refractivity contribution >= 4 is 5.69 Å². The Bertz CT molecular complexity index is 434. The van der Waals surface area contributed by atoms with Gasteiger partial charge in [-0.1, -0.05) is 0 Å². The van der Waals surface area contributed by atoms with E-state index < -0.39 is 0 Å². The van der Waals surface area contributed by atoms with Crippen LogP contribution in [0.1, 0.15) is 18.4 Å². The van der Waals surface area contributed by atoms with Crippen LogP contribution in [0, 0.1) is 11.3 Å². The van der Waals surface area contributed by atoms with Crippen molar-refractivity contribution in [3.63, 3.8) is 0 Å². The van der Waals surface area contributed by atoms with E-state index in [1.165, 1.54) is 5.69 Å². The number of hydrogen-bond acceptors (Lipinski definition) is 4. The van der Waals surface area contributed by atoms with Crippen molar-refractivity contribution < 1.29 is 0 Å². The van der Waals surface area contributed by atoms with Gasteiger partial charge in [-0.25, -0.2) is 0 Å². The number of benzene rings is 1. The zero-order valence-corrected chi connectivity index (χ0v) is 11.5. The molecule has 4 nitrogen and oxygen atoms in total. The number of nitrogens with two attached hydrogens (primary N) is 1. The molecule has 2 rings (SSSR count). The van der Waals surface area contributed by atoms with E-state index in [1.807, 2.05) is 24.3 Å². The van der Waals surface area contributed by atoms with Gasteiger partial charge in [-0.15, -0.1) is 0 Å². The zero-order valence-electron chi connectivity index (χ0n) is 11.5. The molecule has 0 aromatic heterocycles. The number of nitrogens with zero attached hydrogens (tertiary/aromatic N) is 3. The summed E-state index contributed by atoms with van der Waals surface area (Å²) in [4.78, 5) is 4.82. The first-order valence-electron chi connectivity index (χ1n) is 6.90. The number of hydrogen-bond donors (Lipinski definition) is 1. The maximum absolute atomic E-state index is 8.85. The van der Waals surface area contributed by atoms with Gasteiger partial charge in [0.05, 0.1) is 11.6 Å². The lowest BCUT2D eigenvalue weighted by Crippen LogP contribution is -2.40. The third-order valence-electron chi connectivity index (χ3n) is 3.85. The normalized spacial score (nSPS) is 20.9. The maximum atomic E-state index is 8.85. The van der Waals surface area contributed by atoms with Crippen molar-refractivity contribution in [2.24, 2.45) is 5.73 Å². The van der Waals surface area contributed by atoms with Gasteiger partial charge < -0.3 is 15.5 Å². The van der Waals surface area contributed by atoms with Crippen LogP contribution < -0.4 is 10.6 Å². The molecule has 1 unspecified atom stereocenters. The number of nitriles is 1. The summed E-state index contributed by atoms with van der Waals surface area (Å²) < 4.78 is 0. The van der Waals surface area contributed by atoms with Crippen LogP contribution in [0.5, 0.6) is 0 Å². The second kappa shape index (κ2) is 6.55. The average Bonchev–Trinajstić information content (AvgIpc) is 2.62. The molecule has 4 heteroatoms. The molecule has 0 bridgehead atoms. The first-order valence-corrected chi connectivity index (χ1v) is 6.90. The minimum atomic E-state index is 0.517. The Morgan fingerprint density at radius 3 is 2.68 bits per heavy atom. The summed E-state index contributed by atoms with van der Waals surface area (Å²) in [5.41, 5.74) is 7.64. The van der Waals surface area contributed by atoms with E-state index >= 15 is 0 Å². The monoisotopic (exact) mass is 258 g/mol. The highest BCUT2D eigenvalue weighted by Gasteiger charge is 2.21. The van der Waals surface area contributed by atoms with E-state index in [0.717, 1.165) is 39.0 Å². The Morgan fingerprint density at radius 1 is 1.32 bits per heavy atom. The standard InChI is InChI=1S/C15H22N4/c1-18-9-2-10-19(12-15(18)7-8-16)14-5-3-13(11-17)4-6-14/h3-6,15H,2,7-10,12,16H2,1H3. The van der Waals surface area contributed by atoms with Crippen molar-refractivity contribution in [1.82, 2.24) is 4.90 Å². The lowest BCUT2D eigenvalue weighted by Gasteiger charge is -2.29. The summed E-state index contributed by atoms with van der Waals surface area (Å²) in [6, 6.07) is 10.6. The van der Waals surface area contributed by atoms with Crippen molar-refractivity contribution in [3.8, 4) is 6.07 Å². The topological polar surface area (TPSA) is 56.3 Å². The van der Waals surface area contributed by atoms with Crippen molar-refractivity contribution in [3.05, 3.63) is 29.8 Å². The lowest BCUT2D eigenvalue weighted by atomic mass is 10.1. The molecule has 1 fully saturated rings. The van der Waals surface area contributed by atoms with Crippen LogP contribution in [0.15, 0.2) is 24.3 Å². The molecule has 0 aliphatic carbocycles. The van der Waals surface area contributed by atoms with Crippen LogP contribution in [0.4, 0.5) is 5.69 Å². The van der Waals surface area contributed by atoms with Gasteiger partial charge in [0, 0.05) is 24.8 Å². The van der Waals surface area contributed by atoms with Crippen molar-refractivity contribution in [2.45, 2.75) is 18.9 Å². The van der Waals surface area contributed by atoms with Crippen LogP contribution in [-0.2, 0) is 0 Å². The predicted molar refractivity (Wildman–Crippen MR) is 78.1 cm³/mol. The van der Waals surface area contributed by atoms with Gasteiger partial charge in [-0.3, -0.25) is 0 Å². The summed E-state index contributed by atoms with van der Waals surface area (Å²) in [6.45, 7) is 3.94. The molecule has 2 N–H and O–H groups in total. The molecule has 19 heavy (non-hydrogen) atoms. The molecule has 1 aromatic rings. The largest absolute Gasteiger partial charge is 0.370 e. The summed E-state index contributed by atoms with van der Waals surface area (Å²) in [6.07, 6.45) is 2.20. The first-order chi connectivity index (χ1) is 9.24. The second-order valence-corrected chi connectivity index (χ2v) is 5.17. The molecule has 0 amide bonds. The first kappa shape index (κ1) is 13.9. The number of rotatable bonds is 3. The molecule has 1 saturated heterocycles. The zero-order chi connectivity index (χ0) is 13.7. The van der Waals surface area contributed by atoms with E-state index in [9.17, 15) is 0 Å². The molecule has 1 aliphatic heterocycles. The van der Waals surface area contributed by atoms with E-state index in [-0.39, 0.29) is 0 Å². The average molecular weight is 258 g/mol. The summed E-state index contributed by atoms with van der Waals surface area (Å²) in [5.74, 6) is 0. The third-order valence-corrected chi connectivity index (χ3v) is 3.85. The minimum absolute atomic E-state index is 0.517. The molecule has 0 spiro atoms. The fourth-order valence-electron chi connectivity index (χ4n) is 2.66. The Kier molecular flexibility index (Phi) is 4.78. The summed E-state index contributed by atoms with van der Waals surface area (Å²) in [5, 5.41) is 8.85. The van der Waals surface area contributed by atoms with E-state index in [1.54, 1.807) is 0 Å². The molecule has 102 valence electrons. The predicted octanol–water partition coefficient (Wildman–Crippen LogP) is 1.42. The quantitative estimate of drug-likeness (QED) is 0.891. The molecule has 1 heterocycles. The highest BCUT2D eigenvalue weighted by molar-refractivity contribution is 5.50. The highest BCUT2D eigenvalue weighted by Crippen LogP contribution is 2.20. The van der Waals surface area contributed by atoms with Crippen molar-refractivity contribution in [1.29, 1.82) is 5.26 Å². The van der Waals surface area contributed by atoms with Gasteiger partial charge in [0.15, 0.2) is 0 Å². The van der Waals surface area contributed by atoms with Crippen LogP contribution in [0.25, 0.3) is 0 Å². The number of likely N-dealkylation sites (N-methyl/N-ethyl adjacent to an activating group) is 1. The van der Waals surface area contributed by atoms with Gasteiger partial charge in [0.2, 0.25) is 0 Å².